The first-order valence-corrected chi connectivity index (χ1v) is 5.22. The normalized spacial score (nSPS) is 20.4. The summed E-state index contributed by atoms with van der Waals surface area (Å²) in [5.41, 5.74) is -0.744. The number of amides is 3. The van der Waals surface area contributed by atoms with Crippen LogP contribution in [0.1, 0.15) is 20.8 Å². The maximum Gasteiger partial charge on any atom is 0.318 e. The van der Waals surface area contributed by atoms with Gasteiger partial charge in [0.15, 0.2) is 0 Å². The molecule has 1 rings (SSSR count). The average Bonchev–Trinajstić information content (AvgIpc) is 2.14. The van der Waals surface area contributed by atoms with Crippen LogP contribution in [-0.4, -0.2) is 54.0 Å². The Bertz CT molecular complexity index is 276. The molecule has 0 atom stereocenters. The Morgan fingerprint density at radius 3 is 2.60 bits per heavy atom. The summed E-state index contributed by atoms with van der Waals surface area (Å²) in [6, 6.07) is -0.163. The van der Waals surface area contributed by atoms with Gasteiger partial charge in [0.25, 0.3) is 0 Å². The minimum atomic E-state index is -0.744. The first-order valence-electron chi connectivity index (χ1n) is 5.22. The summed E-state index contributed by atoms with van der Waals surface area (Å²) in [5, 5.41) is 2.72. The van der Waals surface area contributed by atoms with Gasteiger partial charge in [0, 0.05) is 26.7 Å². The number of likely N-dealkylation sites (N-methyl/N-ethyl adjacent to an activating group) is 1. The lowest BCUT2D eigenvalue weighted by molar-refractivity contribution is -0.144. The molecule has 1 aliphatic heterocycles. The number of piperazine rings is 1. The molecule has 86 valence electrons. The molecular formula is C10H19N3O2. The van der Waals surface area contributed by atoms with Gasteiger partial charge >= 0.3 is 6.03 Å². The molecule has 5 nitrogen and oxygen atoms in total. The molecule has 1 N–H and O–H groups in total. The van der Waals surface area contributed by atoms with E-state index in [1.54, 1.807) is 30.7 Å². The monoisotopic (exact) mass is 213 g/mol. The molecule has 0 aromatic carbocycles. The third-order valence-corrected chi connectivity index (χ3v) is 2.78. The number of hydrogen-bond acceptors (Lipinski definition) is 2. The number of rotatable bonds is 1. The Labute approximate surface area is 90.4 Å². The van der Waals surface area contributed by atoms with Gasteiger partial charge in [-0.3, -0.25) is 4.79 Å². The number of hydrogen-bond donors (Lipinski definition) is 1. The van der Waals surface area contributed by atoms with Crippen molar-refractivity contribution < 1.29 is 9.59 Å². The molecule has 3 amide bonds. The van der Waals surface area contributed by atoms with E-state index in [9.17, 15) is 9.59 Å². The SMILES string of the molecule is CCNC(=O)N1CCN(C)C(=O)C1(C)C. The van der Waals surface area contributed by atoms with Gasteiger partial charge in [0.1, 0.15) is 5.54 Å². The Balaban J connectivity index is 2.82. The van der Waals surface area contributed by atoms with Crippen molar-refractivity contribution in [1.82, 2.24) is 15.1 Å². The Kier molecular flexibility index (Phi) is 3.21. The van der Waals surface area contributed by atoms with Gasteiger partial charge in [-0.05, 0) is 20.8 Å². The van der Waals surface area contributed by atoms with E-state index in [1.165, 1.54) is 0 Å². The number of carbonyl (C=O) groups is 2. The summed E-state index contributed by atoms with van der Waals surface area (Å²) in [6.07, 6.45) is 0. The summed E-state index contributed by atoms with van der Waals surface area (Å²) >= 11 is 0. The van der Waals surface area contributed by atoms with Crippen LogP contribution >= 0.6 is 0 Å². The van der Waals surface area contributed by atoms with Crippen LogP contribution in [0.15, 0.2) is 0 Å². The lowest BCUT2D eigenvalue weighted by Gasteiger charge is -2.44. The smallest absolute Gasteiger partial charge is 0.318 e. The standard InChI is InChI=1S/C10H19N3O2/c1-5-11-9(15)13-7-6-12(4)8(14)10(13,2)3/h5-7H2,1-4H3,(H,11,15). The molecule has 1 saturated heterocycles. The Hall–Kier alpha value is -1.26. The van der Waals surface area contributed by atoms with E-state index in [-0.39, 0.29) is 11.9 Å². The van der Waals surface area contributed by atoms with Gasteiger partial charge in [0.2, 0.25) is 5.91 Å². The van der Waals surface area contributed by atoms with Crippen molar-refractivity contribution in [2.45, 2.75) is 26.3 Å². The largest absolute Gasteiger partial charge is 0.342 e. The van der Waals surface area contributed by atoms with E-state index in [4.69, 9.17) is 0 Å². The summed E-state index contributed by atoms with van der Waals surface area (Å²) in [4.78, 5) is 26.8. The molecule has 1 aliphatic rings. The van der Waals surface area contributed by atoms with Crippen LogP contribution in [0.3, 0.4) is 0 Å². The second-order valence-electron chi connectivity index (χ2n) is 4.27. The van der Waals surface area contributed by atoms with Gasteiger partial charge in [-0.2, -0.15) is 0 Å². The topological polar surface area (TPSA) is 52.7 Å². The molecule has 1 heterocycles. The highest BCUT2D eigenvalue weighted by atomic mass is 16.2. The molecule has 0 aromatic heterocycles. The van der Waals surface area contributed by atoms with Crippen molar-refractivity contribution in [1.29, 1.82) is 0 Å². The fourth-order valence-electron chi connectivity index (χ4n) is 1.82. The fourth-order valence-corrected chi connectivity index (χ4v) is 1.82. The summed E-state index contributed by atoms with van der Waals surface area (Å²) in [7, 11) is 1.76. The van der Waals surface area contributed by atoms with Crippen molar-refractivity contribution in [3.8, 4) is 0 Å². The van der Waals surface area contributed by atoms with Crippen LogP contribution in [0.4, 0.5) is 4.79 Å². The van der Waals surface area contributed by atoms with Crippen LogP contribution in [0.2, 0.25) is 0 Å². The van der Waals surface area contributed by atoms with Gasteiger partial charge < -0.3 is 15.1 Å². The molecular weight excluding hydrogens is 194 g/mol. The highest BCUT2D eigenvalue weighted by Crippen LogP contribution is 2.21. The van der Waals surface area contributed by atoms with Crippen LogP contribution < -0.4 is 5.32 Å². The predicted octanol–water partition coefficient (Wildman–Crippen LogP) is 0.269. The maximum atomic E-state index is 11.9. The molecule has 15 heavy (non-hydrogen) atoms. The van der Waals surface area contributed by atoms with Crippen LogP contribution in [0, 0.1) is 0 Å². The molecule has 0 radical (unpaired) electrons. The Morgan fingerprint density at radius 2 is 2.07 bits per heavy atom. The van der Waals surface area contributed by atoms with Crippen molar-refractivity contribution in [3.63, 3.8) is 0 Å². The molecule has 0 aliphatic carbocycles. The van der Waals surface area contributed by atoms with E-state index >= 15 is 0 Å². The van der Waals surface area contributed by atoms with Gasteiger partial charge in [-0.25, -0.2) is 4.79 Å². The molecule has 0 saturated carbocycles. The number of carbonyl (C=O) groups excluding carboxylic acids is 2. The quantitative estimate of drug-likeness (QED) is 0.679. The maximum absolute atomic E-state index is 11.9. The molecule has 5 heteroatoms. The van der Waals surface area contributed by atoms with Gasteiger partial charge in [-0.1, -0.05) is 0 Å². The summed E-state index contributed by atoms with van der Waals surface area (Å²) in [5.74, 6) is -0.0139. The first-order chi connectivity index (χ1) is 6.91. The molecule has 0 spiro atoms. The lowest BCUT2D eigenvalue weighted by Crippen LogP contribution is -2.65. The minimum Gasteiger partial charge on any atom is -0.342 e. The van der Waals surface area contributed by atoms with Gasteiger partial charge in [-0.15, -0.1) is 0 Å². The highest BCUT2D eigenvalue weighted by molar-refractivity contribution is 5.91. The zero-order chi connectivity index (χ0) is 11.6. The Morgan fingerprint density at radius 1 is 1.47 bits per heavy atom. The second kappa shape index (κ2) is 4.08. The first kappa shape index (κ1) is 11.8. The molecule has 0 bridgehead atoms. The summed E-state index contributed by atoms with van der Waals surface area (Å²) in [6.45, 7) is 7.18. The third kappa shape index (κ3) is 2.06. The van der Waals surface area contributed by atoms with Crippen molar-refractivity contribution in [3.05, 3.63) is 0 Å². The van der Waals surface area contributed by atoms with E-state index in [2.05, 4.69) is 5.32 Å². The molecule has 0 unspecified atom stereocenters. The predicted molar refractivity (Wildman–Crippen MR) is 57.5 cm³/mol. The van der Waals surface area contributed by atoms with Gasteiger partial charge in [0.05, 0.1) is 0 Å². The van der Waals surface area contributed by atoms with Crippen molar-refractivity contribution in [2.75, 3.05) is 26.7 Å². The number of urea groups is 1. The van der Waals surface area contributed by atoms with E-state index in [0.717, 1.165) is 0 Å². The van der Waals surface area contributed by atoms with E-state index in [0.29, 0.717) is 19.6 Å². The summed E-state index contributed by atoms with van der Waals surface area (Å²) < 4.78 is 0. The van der Waals surface area contributed by atoms with Crippen LogP contribution in [0.25, 0.3) is 0 Å². The second-order valence-corrected chi connectivity index (χ2v) is 4.27. The van der Waals surface area contributed by atoms with E-state index < -0.39 is 5.54 Å². The van der Waals surface area contributed by atoms with Crippen molar-refractivity contribution >= 4 is 11.9 Å². The zero-order valence-electron chi connectivity index (χ0n) is 9.83. The minimum absolute atomic E-state index is 0.0139. The number of nitrogens with one attached hydrogen (secondary N) is 1. The van der Waals surface area contributed by atoms with E-state index in [1.807, 2.05) is 6.92 Å². The van der Waals surface area contributed by atoms with Crippen molar-refractivity contribution in [2.24, 2.45) is 0 Å². The average molecular weight is 213 g/mol. The number of nitrogens with zero attached hydrogens (tertiary/aromatic N) is 2. The zero-order valence-corrected chi connectivity index (χ0v) is 9.83. The highest BCUT2D eigenvalue weighted by Gasteiger charge is 2.42. The lowest BCUT2D eigenvalue weighted by atomic mass is 9.98. The molecule has 1 fully saturated rings. The third-order valence-electron chi connectivity index (χ3n) is 2.78. The molecule has 0 aromatic rings. The van der Waals surface area contributed by atoms with Crippen LogP contribution in [-0.2, 0) is 4.79 Å². The van der Waals surface area contributed by atoms with Crippen LogP contribution in [0.5, 0.6) is 0 Å². The fraction of sp³-hybridized carbons (Fsp3) is 0.800.